The minimum absolute atomic E-state index is 0.146. The predicted octanol–water partition coefficient (Wildman–Crippen LogP) is 3.12. The topological polar surface area (TPSA) is 87.2 Å². The molecule has 0 saturated carbocycles. The van der Waals surface area contributed by atoms with Crippen molar-refractivity contribution in [3.8, 4) is 11.5 Å². The Morgan fingerprint density at radius 3 is 2.83 bits per heavy atom. The highest BCUT2D eigenvalue weighted by Gasteiger charge is 2.22. The van der Waals surface area contributed by atoms with E-state index in [2.05, 4.69) is 4.98 Å². The third-order valence-electron chi connectivity index (χ3n) is 4.19. The number of thiazole rings is 1. The van der Waals surface area contributed by atoms with Gasteiger partial charge in [0.15, 0.2) is 17.2 Å². The Morgan fingerprint density at radius 1 is 1.21 bits per heavy atom. The van der Waals surface area contributed by atoms with E-state index in [9.17, 15) is 9.59 Å². The second-order valence-corrected chi connectivity index (χ2v) is 7.13. The summed E-state index contributed by atoms with van der Waals surface area (Å²) < 4.78 is 21.1. The maximum Gasteiger partial charge on any atom is 0.357 e. The molecule has 0 fully saturated rings. The van der Waals surface area contributed by atoms with Crippen molar-refractivity contribution in [3.05, 3.63) is 39.8 Å². The molecule has 0 radical (unpaired) electrons. The zero-order valence-electron chi connectivity index (χ0n) is 16.5. The molecule has 1 amide bonds. The molecule has 1 aromatic heterocycles. The Bertz CT molecular complexity index is 853. The van der Waals surface area contributed by atoms with Crippen LogP contribution in [-0.2, 0) is 16.0 Å². The number of aromatic nitrogens is 1. The monoisotopic (exact) mass is 420 g/mol. The maximum atomic E-state index is 13.1. The first-order chi connectivity index (χ1) is 14.1. The Hall–Kier alpha value is -2.65. The zero-order valence-corrected chi connectivity index (χ0v) is 17.3. The number of rotatable bonds is 10. The molecule has 8 nitrogen and oxygen atoms in total. The van der Waals surface area contributed by atoms with E-state index in [1.54, 1.807) is 35.4 Å². The number of esters is 1. The van der Waals surface area contributed by atoms with Gasteiger partial charge in [0, 0.05) is 30.7 Å². The van der Waals surface area contributed by atoms with E-state index in [1.807, 2.05) is 6.92 Å². The van der Waals surface area contributed by atoms with Crippen LogP contribution in [0.3, 0.4) is 0 Å². The fraction of sp³-hybridized carbons (Fsp3) is 0.450. The van der Waals surface area contributed by atoms with Gasteiger partial charge in [-0.3, -0.25) is 4.79 Å². The largest absolute Gasteiger partial charge is 0.461 e. The molecular weight excluding hydrogens is 396 g/mol. The van der Waals surface area contributed by atoms with Crippen LogP contribution in [0.25, 0.3) is 0 Å². The number of fused-ring (bicyclic) bond motifs is 1. The summed E-state index contributed by atoms with van der Waals surface area (Å²) in [6.45, 7) is 6.11. The van der Waals surface area contributed by atoms with Crippen molar-refractivity contribution in [2.24, 2.45) is 0 Å². The van der Waals surface area contributed by atoms with Crippen LogP contribution in [0, 0.1) is 0 Å². The molecule has 0 spiro atoms. The van der Waals surface area contributed by atoms with Gasteiger partial charge in [-0.1, -0.05) is 0 Å². The summed E-state index contributed by atoms with van der Waals surface area (Å²) in [5.74, 6) is 0.583. The minimum atomic E-state index is -0.458. The van der Waals surface area contributed by atoms with Crippen molar-refractivity contribution in [3.63, 3.8) is 0 Å². The fourth-order valence-corrected chi connectivity index (χ4v) is 3.59. The molecule has 1 aliphatic heterocycles. The van der Waals surface area contributed by atoms with E-state index in [1.165, 1.54) is 11.3 Å². The third-order valence-corrected chi connectivity index (χ3v) is 5.02. The van der Waals surface area contributed by atoms with Gasteiger partial charge in [-0.15, -0.1) is 11.3 Å². The number of ether oxygens (including phenoxy) is 4. The van der Waals surface area contributed by atoms with Crippen LogP contribution in [0.4, 0.5) is 0 Å². The zero-order chi connectivity index (χ0) is 20.6. The van der Waals surface area contributed by atoms with E-state index < -0.39 is 5.97 Å². The van der Waals surface area contributed by atoms with Gasteiger partial charge in [-0.05, 0) is 38.5 Å². The van der Waals surface area contributed by atoms with E-state index in [0.29, 0.717) is 54.8 Å². The number of hydrogen-bond donors (Lipinski definition) is 0. The van der Waals surface area contributed by atoms with Crippen molar-refractivity contribution in [1.82, 2.24) is 9.88 Å². The van der Waals surface area contributed by atoms with Crippen molar-refractivity contribution in [1.29, 1.82) is 0 Å². The van der Waals surface area contributed by atoms with Gasteiger partial charge in [0.2, 0.25) is 6.79 Å². The summed E-state index contributed by atoms with van der Waals surface area (Å²) in [4.78, 5) is 31.0. The van der Waals surface area contributed by atoms with Crippen LogP contribution < -0.4 is 9.47 Å². The smallest absolute Gasteiger partial charge is 0.357 e. The predicted molar refractivity (Wildman–Crippen MR) is 106 cm³/mol. The van der Waals surface area contributed by atoms with Crippen LogP contribution >= 0.6 is 11.3 Å². The van der Waals surface area contributed by atoms with Crippen LogP contribution in [0.2, 0.25) is 0 Å². The number of carbonyl (C=O) groups excluding carboxylic acids is 2. The lowest BCUT2D eigenvalue weighted by atomic mass is 10.1. The Morgan fingerprint density at radius 2 is 2.03 bits per heavy atom. The lowest BCUT2D eigenvalue weighted by Crippen LogP contribution is -2.32. The summed E-state index contributed by atoms with van der Waals surface area (Å²) >= 11 is 1.33. The second kappa shape index (κ2) is 10.2. The van der Waals surface area contributed by atoms with Crippen LogP contribution in [0.1, 0.15) is 46.1 Å². The molecule has 2 heterocycles. The molecule has 29 heavy (non-hydrogen) atoms. The van der Waals surface area contributed by atoms with Gasteiger partial charge in [-0.2, -0.15) is 0 Å². The molecule has 9 heteroatoms. The third kappa shape index (κ3) is 5.45. The number of benzene rings is 1. The van der Waals surface area contributed by atoms with Gasteiger partial charge < -0.3 is 23.8 Å². The lowest BCUT2D eigenvalue weighted by Gasteiger charge is -2.22. The highest BCUT2D eigenvalue weighted by Crippen LogP contribution is 2.33. The minimum Gasteiger partial charge on any atom is -0.461 e. The summed E-state index contributed by atoms with van der Waals surface area (Å²) in [5, 5.41) is 2.31. The Balaban J connectivity index is 1.73. The molecule has 0 aliphatic carbocycles. The Labute approximate surface area is 173 Å². The molecule has 1 aliphatic rings. The lowest BCUT2D eigenvalue weighted by molar-refractivity contribution is 0.0520. The molecule has 0 N–H and O–H groups in total. The van der Waals surface area contributed by atoms with Gasteiger partial charge in [-0.25, -0.2) is 9.78 Å². The number of nitrogens with zero attached hydrogens (tertiary/aromatic N) is 2. The standard InChI is InChI=1S/C20H24N2O6S/c1-3-25-9-5-8-22(11-18-21-15(12-29-18)20(24)26-4-2)19(23)14-6-7-16-17(10-14)28-13-27-16/h6-7,10,12H,3-5,8-9,11,13H2,1-2H3. The first-order valence-corrected chi connectivity index (χ1v) is 10.4. The van der Waals surface area contributed by atoms with Crippen LogP contribution in [-0.4, -0.2) is 54.9 Å². The fourth-order valence-electron chi connectivity index (χ4n) is 2.81. The number of amides is 1. The SMILES string of the molecule is CCOCCCN(Cc1nc(C(=O)OCC)cs1)C(=O)c1ccc2c(c1)OCO2. The second-order valence-electron chi connectivity index (χ2n) is 6.19. The van der Waals surface area contributed by atoms with Crippen molar-refractivity contribution in [2.45, 2.75) is 26.8 Å². The first-order valence-electron chi connectivity index (χ1n) is 9.50. The number of carbonyl (C=O) groups is 2. The van der Waals surface area contributed by atoms with Crippen molar-refractivity contribution in [2.75, 3.05) is 33.2 Å². The molecule has 0 unspecified atom stereocenters. The quantitative estimate of drug-likeness (QED) is 0.431. The molecule has 156 valence electrons. The van der Waals surface area contributed by atoms with Gasteiger partial charge in [0.1, 0.15) is 5.01 Å². The summed E-state index contributed by atoms with van der Waals surface area (Å²) in [5.41, 5.74) is 0.768. The molecule has 3 rings (SSSR count). The van der Waals surface area contributed by atoms with E-state index in [4.69, 9.17) is 18.9 Å². The normalized spacial score (nSPS) is 12.1. The van der Waals surface area contributed by atoms with Crippen LogP contribution in [0.15, 0.2) is 23.6 Å². The Kier molecular flexibility index (Phi) is 7.42. The summed E-state index contributed by atoms with van der Waals surface area (Å²) in [6, 6.07) is 5.14. The molecule has 2 aromatic rings. The molecule has 0 bridgehead atoms. The molecule has 1 aromatic carbocycles. The summed E-state index contributed by atoms with van der Waals surface area (Å²) in [6.07, 6.45) is 0.695. The number of hydrogen-bond acceptors (Lipinski definition) is 8. The average Bonchev–Trinajstić information content (AvgIpc) is 3.38. The van der Waals surface area contributed by atoms with E-state index in [0.717, 1.165) is 0 Å². The highest BCUT2D eigenvalue weighted by molar-refractivity contribution is 7.09. The van der Waals surface area contributed by atoms with Gasteiger partial charge >= 0.3 is 5.97 Å². The van der Waals surface area contributed by atoms with E-state index >= 15 is 0 Å². The maximum absolute atomic E-state index is 13.1. The van der Waals surface area contributed by atoms with Crippen LogP contribution in [0.5, 0.6) is 11.5 Å². The molecule has 0 atom stereocenters. The molecular formula is C20H24N2O6S. The summed E-state index contributed by atoms with van der Waals surface area (Å²) in [7, 11) is 0. The average molecular weight is 420 g/mol. The first kappa shape index (κ1) is 21.1. The molecule has 0 saturated heterocycles. The van der Waals surface area contributed by atoms with Gasteiger partial charge in [0.25, 0.3) is 5.91 Å². The van der Waals surface area contributed by atoms with E-state index in [-0.39, 0.29) is 25.0 Å². The van der Waals surface area contributed by atoms with Crippen molar-refractivity contribution < 1.29 is 28.5 Å². The van der Waals surface area contributed by atoms with Gasteiger partial charge in [0.05, 0.1) is 13.2 Å². The highest BCUT2D eigenvalue weighted by atomic mass is 32.1. The van der Waals surface area contributed by atoms with Crippen molar-refractivity contribution >= 4 is 23.2 Å².